The van der Waals surface area contributed by atoms with Gasteiger partial charge in [-0.1, -0.05) is 19.9 Å². The van der Waals surface area contributed by atoms with E-state index in [1.54, 1.807) is 0 Å². The first-order valence-corrected chi connectivity index (χ1v) is 8.18. The van der Waals surface area contributed by atoms with Crippen LogP contribution in [0.1, 0.15) is 38.7 Å². The van der Waals surface area contributed by atoms with Gasteiger partial charge >= 0.3 is 0 Å². The Bertz CT molecular complexity index is 388. The molecule has 1 aliphatic heterocycles. The molecule has 1 atom stereocenters. The van der Waals surface area contributed by atoms with E-state index in [0.717, 1.165) is 32.6 Å². The zero-order valence-corrected chi connectivity index (χ0v) is 13.3. The molecule has 0 saturated carbocycles. The van der Waals surface area contributed by atoms with Crippen LogP contribution < -0.4 is 5.32 Å². The summed E-state index contributed by atoms with van der Waals surface area (Å²) < 4.78 is 0. The molecule has 0 spiro atoms. The largest absolute Gasteiger partial charge is 0.393 e. The summed E-state index contributed by atoms with van der Waals surface area (Å²) in [4.78, 5) is 6.67. The second kappa shape index (κ2) is 8.47. The molecule has 1 aromatic heterocycles. The number of pyridine rings is 1. The molecule has 0 aliphatic carbocycles. The maximum atomic E-state index is 9.81. The van der Waals surface area contributed by atoms with E-state index in [0.29, 0.717) is 12.0 Å². The quantitative estimate of drug-likeness (QED) is 0.807. The molecule has 4 nitrogen and oxygen atoms in total. The smallest absolute Gasteiger partial charge is 0.0575 e. The minimum absolute atomic E-state index is 0.178. The van der Waals surface area contributed by atoms with Crippen LogP contribution in [-0.2, 0) is 6.54 Å². The summed E-state index contributed by atoms with van der Waals surface area (Å²) in [7, 11) is 0. The van der Waals surface area contributed by atoms with E-state index in [2.05, 4.69) is 35.1 Å². The van der Waals surface area contributed by atoms with Crippen LogP contribution in [0.15, 0.2) is 24.5 Å². The Morgan fingerprint density at radius 2 is 2.14 bits per heavy atom. The highest BCUT2D eigenvalue weighted by Gasteiger charge is 2.19. The molecule has 1 unspecified atom stereocenters. The van der Waals surface area contributed by atoms with Gasteiger partial charge in [-0.2, -0.15) is 0 Å². The van der Waals surface area contributed by atoms with Crippen molar-refractivity contribution in [2.24, 2.45) is 5.92 Å². The molecule has 4 heteroatoms. The molecule has 2 heterocycles. The zero-order valence-electron chi connectivity index (χ0n) is 13.3. The van der Waals surface area contributed by atoms with Crippen LogP contribution in [0.5, 0.6) is 0 Å². The third-order valence-electron chi connectivity index (χ3n) is 4.36. The summed E-state index contributed by atoms with van der Waals surface area (Å²) in [5.41, 5.74) is 1.30. The second-order valence-corrected chi connectivity index (χ2v) is 6.47. The predicted octanol–water partition coefficient (Wildman–Crippen LogP) is 2.04. The number of hydrogen-bond donors (Lipinski definition) is 2. The van der Waals surface area contributed by atoms with Crippen LogP contribution in [0.4, 0.5) is 0 Å². The van der Waals surface area contributed by atoms with Crippen molar-refractivity contribution in [3.05, 3.63) is 30.1 Å². The van der Waals surface area contributed by atoms with Gasteiger partial charge in [-0.3, -0.25) is 9.88 Å². The van der Waals surface area contributed by atoms with Gasteiger partial charge in [0.25, 0.3) is 0 Å². The summed E-state index contributed by atoms with van der Waals surface area (Å²) in [5, 5.41) is 13.4. The van der Waals surface area contributed by atoms with Crippen LogP contribution >= 0.6 is 0 Å². The van der Waals surface area contributed by atoms with Crippen molar-refractivity contribution in [1.29, 1.82) is 0 Å². The molecule has 1 saturated heterocycles. The molecule has 1 aromatic rings. The number of aromatic nitrogens is 1. The van der Waals surface area contributed by atoms with Gasteiger partial charge in [-0.15, -0.1) is 0 Å². The summed E-state index contributed by atoms with van der Waals surface area (Å²) in [6.45, 7) is 8.35. The lowest BCUT2D eigenvalue weighted by Gasteiger charge is -2.32. The Labute approximate surface area is 128 Å². The molecule has 2 N–H and O–H groups in total. The number of rotatable bonds is 7. The van der Waals surface area contributed by atoms with Crippen LogP contribution in [-0.4, -0.2) is 46.8 Å². The van der Waals surface area contributed by atoms with Gasteiger partial charge < -0.3 is 10.4 Å². The van der Waals surface area contributed by atoms with Crippen LogP contribution in [0.2, 0.25) is 0 Å². The fourth-order valence-electron chi connectivity index (χ4n) is 2.81. The molecule has 2 rings (SSSR count). The number of nitrogens with zero attached hydrogens (tertiary/aromatic N) is 2. The molecular weight excluding hydrogens is 262 g/mol. The van der Waals surface area contributed by atoms with E-state index >= 15 is 0 Å². The topological polar surface area (TPSA) is 48.4 Å². The minimum atomic E-state index is -0.178. The number of nitrogens with one attached hydrogen (secondary N) is 1. The molecule has 0 bridgehead atoms. The maximum Gasteiger partial charge on any atom is 0.0575 e. The highest BCUT2D eigenvalue weighted by atomic mass is 16.3. The van der Waals surface area contributed by atoms with Gasteiger partial charge in [-0.25, -0.2) is 0 Å². The molecule has 1 fully saturated rings. The Kier molecular flexibility index (Phi) is 6.61. The Morgan fingerprint density at radius 3 is 2.76 bits per heavy atom. The van der Waals surface area contributed by atoms with Gasteiger partial charge in [0.2, 0.25) is 0 Å². The fourth-order valence-corrected chi connectivity index (χ4v) is 2.81. The minimum Gasteiger partial charge on any atom is -0.393 e. The molecule has 0 amide bonds. The van der Waals surface area contributed by atoms with Crippen LogP contribution in [0.25, 0.3) is 0 Å². The van der Waals surface area contributed by atoms with Gasteiger partial charge in [-0.05, 0) is 56.4 Å². The van der Waals surface area contributed by atoms with Crippen molar-refractivity contribution in [3.8, 4) is 0 Å². The van der Waals surface area contributed by atoms with Crippen molar-refractivity contribution in [2.45, 2.75) is 51.8 Å². The zero-order chi connectivity index (χ0) is 15.1. The highest BCUT2D eigenvalue weighted by molar-refractivity contribution is 5.08. The first-order chi connectivity index (χ1) is 10.1. The third kappa shape index (κ3) is 5.73. The number of aliphatic hydroxyl groups is 1. The predicted molar refractivity (Wildman–Crippen MR) is 86.0 cm³/mol. The van der Waals surface area contributed by atoms with Crippen molar-refractivity contribution < 1.29 is 5.11 Å². The van der Waals surface area contributed by atoms with Gasteiger partial charge in [0, 0.05) is 25.0 Å². The van der Waals surface area contributed by atoms with Crippen molar-refractivity contribution in [2.75, 3.05) is 19.6 Å². The van der Waals surface area contributed by atoms with Crippen molar-refractivity contribution in [3.63, 3.8) is 0 Å². The lowest BCUT2D eigenvalue weighted by Crippen LogP contribution is -2.43. The highest BCUT2D eigenvalue weighted by Crippen LogP contribution is 2.14. The van der Waals surface area contributed by atoms with Crippen molar-refractivity contribution in [1.82, 2.24) is 15.2 Å². The summed E-state index contributed by atoms with van der Waals surface area (Å²) in [5.74, 6) is 0.355. The summed E-state index contributed by atoms with van der Waals surface area (Å²) in [6.07, 6.45) is 6.84. The van der Waals surface area contributed by atoms with Gasteiger partial charge in [0.15, 0.2) is 0 Å². The average molecular weight is 291 g/mol. The Balaban J connectivity index is 1.62. The van der Waals surface area contributed by atoms with Gasteiger partial charge in [0.05, 0.1) is 6.10 Å². The van der Waals surface area contributed by atoms with E-state index < -0.39 is 0 Å². The first kappa shape index (κ1) is 16.4. The van der Waals surface area contributed by atoms with Crippen LogP contribution in [0, 0.1) is 5.92 Å². The molecule has 1 aliphatic rings. The second-order valence-electron chi connectivity index (χ2n) is 6.47. The lowest BCUT2D eigenvalue weighted by molar-refractivity contribution is 0.112. The normalized spacial score (nSPS) is 19.0. The molecule has 118 valence electrons. The molecule has 21 heavy (non-hydrogen) atoms. The summed E-state index contributed by atoms with van der Waals surface area (Å²) >= 11 is 0. The van der Waals surface area contributed by atoms with E-state index in [-0.39, 0.29) is 6.10 Å². The Hall–Kier alpha value is -0.970. The number of likely N-dealkylation sites (tertiary alicyclic amines) is 1. The molecular formula is C17H29N3O. The average Bonchev–Trinajstić information content (AvgIpc) is 2.50. The van der Waals surface area contributed by atoms with Crippen molar-refractivity contribution >= 4 is 0 Å². The number of aliphatic hydroxyl groups excluding tert-OH is 1. The molecule has 0 radical (unpaired) electrons. The monoisotopic (exact) mass is 291 g/mol. The third-order valence-corrected chi connectivity index (χ3v) is 4.36. The Morgan fingerprint density at radius 1 is 1.38 bits per heavy atom. The van der Waals surface area contributed by atoms with E-state index in [1.165, 1.54) is 18.4 Å². The fraction of sp³-hybridized carbons (Fsp3) is 0.706. The number of piperidine rings is 1. The van der Waals surface area contributed by atoms with E-state index in [1.807, 2.05) is 18.5 Å². The number of hydrogen-bond acceptors (Lipinski definition) is 4. The standard InChI is InChI=1S/C17H29N3O/c1-14(2)17(21)5-9-19-16-6-10-20(11-7-16)13-15-4-3-8-18-12-15/h3-4,8,12,14,16-17,19,21H,5-7,9-11,13H2,1-2H3. The maximum absolute atomic E-state index is 9.81. The van der Waals surface area contributed by atoms with E-state index in [4.69, 9.17) is 0 Å². The SMILES string of the molecule is CC(C)C(O)CCNC1CCN(Cc2cccnc2)CC1. The first-order valence-electron chi connectivity index (χ1n) is 8.18. The summed E-state index contributed by atoms with van der Waals surface area (Å²) in [6, 6.07) is 4.75. The molecule has 0 aromatic carbocycles. The van der Waals surface area contributed by atoms with Gasteiger partial charge in [0.1, 0.15) is 0 Å². The van der Waals surface area contributed by atoms with Crippen LogP contribution in [0.3, 0.4) is 0 Å². The lowest BCUT2D eigenvalue weighted by atomic mass is 10.0. The van der Waals surface area contributed by atoms with E-state index in [9.17, 15) is 5.11 Å².